The van der Waals surface area contributed by atoms with Gasteiger partial charge in [-0.05, 0) is 44.0 Å². The summed E-state index contributed by atoms with van der Waals surface area (Å²) in [6.07, 6.45) is 5.34. The Labute approximate surface area is 162 Å². The van der Waals surface area contributed by atoms with Gasteiger partial charge in [0.25, 0.3) is 11.8 Å². The molecule has 2 heterocycles. The second kappa shape index (κ2) is 7.12. The van der Waals surface area contributed by atoms with E-state index in [1.54, 1.807) is 37.4 Å². The zero-order valence-corrected chi connectivity index (χ0v) is 15.6. The molecule has 2 aromatic heterocycles. The fraction of sp³-hybridized carbons (Fsp3) is 0.300. The van der Waals surface area contributed by atoms with Gasteiger partial charge in [0.15, 0.2) is 5.00 Å². The topological polar surface area (TPSA) is 80.9 Å². The van der Waals surface area contributed by atoms with Gasteiger partial charge in [0, 0.05) is 28.9 Å². The first-order valence-corrected chi connectivity index (χ1v) is 9.28. The largest absolute Gasteiger partial charge is 0.335 e. The van der Waals surface area contributed by atoms with Crippen molar-refractivity contribution in [2.75, 3.05) is 0 Å². The van der Waals surface area contributed by atoms with Gasteiger partial charge in [0.05, 0.1) is 0 Å². The van der Waals surface area contributed by atoms with E-state index in [1.165, 1.54) is 19.3 Å². The Morgan fingerprint density at radius 1 is 1.26 bits per heavy atom. The van der Waals surface area contributed by atoms with Gasteiger partial charge in [-0.1, -0.05) is 41.4 Å². The van der Waals surface area contributed by atoms with Crippen LogP contribution < -0.4 is 5.32 Å². The standard InChI is InChI=1S/C20H19ClN4O2/c1-20(21,24-18(26)14-6-3-2-4-7-14)19-23-17(25-27-19)15-10-11-22-16(12-15)13-8-5-9-13/h2-4,6-7,10-13H,5,8-9H2,1H3,(H,24,26)/t20-/m1/s1. The maximum Gasteiger partial charge on any atom is 0.268 e. The van der Waals surface area contributed by atoms with Crippen LogP contribution in [-0.2, 0) is 5.00 Å². The second-order valence-corrected chi connectivity index (χ2v) is 7.60. The normalized spacial score (nSPS) is 16.4. The van der Waals surface area contributed by atoms with E-state index in [2.05, 4.69) is 20.4 Å². The molecule has 1 N–H and O–H groups in total. The van der Waals surface area contributed by atoms with Crippen molar-refractivity contribution < 1.29 is 9.32 Å². The van der Waals surface area contributed by atoms with Crippen molar-refractivity contribution in [2.24, 2.45) is 0 Å². The van der Waals surface area contributed by atoms with Crippen molar-refractivity contribution in [3.8, 4) is 11.4 Å². The van der Waals surface area contributed by atoms with Gasteiger partial charge in [-0.3, -0.25) is 9.78 Å². The van der Waals surface area contributed by atoms with Crippen LogP contribution in [0.25, 0.3) is 11.4 Å². The van der Waals surface area contributed by atoms with E-state index in [1.807, 2.05) is 18.2 Å². The number of carbonyl (C=O) groups excluding carboxylic acids is 1. The lowest BCUT2D eigenvalue weighted by atomic mass is 9.82. The molecule has 1 aliphatic carbocycles. The Hall–Kier alpha value is -2.73. The minimum absolute atomic E-state index is 0.130. The van der Waals surface area contributed by atoms with Crippen LogP contribution in [0.5, 0.6) is 0 Å². The van der Waals surface area contributed by atoms with Crippen LogP contribution in [0.2, 0.25) is 0 Å². The van der Waals surface area contributed by atoms with Crippen molar-refractivity contribution in [2.45, 2.75) is 37.1 Å². The van der Waals surface area contributed by atoms with Crippen molar-refractivity contribution in [1.82, 2.24) is 20.4 Å². The molecule has 1 atom stereocenters. The quantitative estimate of drug-likeness (QED) is 0.527. The van der Waals surface area contributed by atoms with Gasteiger partial charge < -0.3 is 9.84 Å². The number of hydrogen-bond donors (Lipinski definition) is 1. The highest BCUT2D eigenvalue weighted by Gasteiger charge is 2.33. The second-order valence-electron chi connectivity index (χ2n) is 6.84. The van der Waals surface area contributed by atoms with E-state index < -0.39 is 5.00 Å². The summed E-state index contributed by atoms with van der Waals surface area (Å²) in [6.45, 7) is 1.61. The minimum atomic E-state index is -1.32. The summed E-state index contributed by atoms with van der Waals surface area (Å²) in [4.78, 5) is 19.9. The average Bonchev–Trinajstić information content (AvgIpc) is 3.12. The van der Waals surface area contributed by atoms with Crippen LogP contribution in [0, 0.1) is 0 Å². The molecule has 0 spiro atoms. The van der Waals surface area contributed by atoms with E-state index in [4.69, 9.17) is 16.1 Å². The third-order valence-electron chi connectivity index (χ3n) is 4.77. The molecule has 7 heteroatoms. The Morgan fingerprint density at radius 2 is 2.04 bits per heavy atom. The third kappa shape index (κ3) is 3.71. The Kier molecular flexibility index (Phi) is 4.66. The lowest BCUT2D eigenvalue weighted by Gasteiger charge is -2.24. The van der Waals surface area contributed by atoms with Crippen molar-refractivity contribution in [1.29, 1.82) is 0 Å². The van der Waals surface area contributed by atoms with Gasteiger partial charge in [0.1, 0.15) is 0 Å². The summed E-state index contributed by atoms with van der Waals surface area (Å²) in [7, 11) is 0. The summed E-state index contributed by atoms with van der Waals surface area (Å²) >= 11 is 6.48. The number of aromatic nitrogens is 3. The molecule has 0 aliphatic heterocycles. The Balaban J connectivity index is 1.53. The van der Waals surface area contributed by atoms with Gasteiger partial charge >= 0.3 is 0 Å². The summed E-state index contributed by atoms with van der Waals surface area (Å²) in [6, 6.07) is 12.7. The van der Waals surface area contributed by atoms with Crippen LogP contribution in [0.1, 0.15) is 54.0 Å². The molecule has 1 aliphatic rings. The monoisotopic (exact) mass is 382 g/mol. The number of carbonyl (C=O) groups is 1. The zero-order chi connectivity index (χ0) is 18.9. The highest BCUT2D eigenvalue weighted by molar-refractivity contribution is 6.24. The summed E-state index contributed by atoms with van der Waals surface area (Å²) in [5.74, 6) is 0.753. The van der Waals surface area contributed by atoms with Crippen LogP contribution in [0.4, 0.5) is 0 Å². The van der Waals surface area contributed by atoms with Gasteiger partial charge in [0.2, 0.25) is 5.82 Å². The SMILES string of the molecule is C[C@@](Cl)(NC(=O)c1ccccc1)c1nc(-c2ccnc(C3CCC3)c2)no1. The van der Waals surface area contributed by atoms with Crippen LogP contribution >= 0.6 is 11.6 Å². The number of nitrogens with one attached hydrogen (secondary N) is 1. The van der Waals surface area contributed by atoms with Gasteiger partial charge in [-0.2, -0.15) is 4.98 Å². The van der Waals surface area contributed by atoms with Crippen molar-refractivity contribution >= 4 is 17.5 Å². The van der Waals surface area contributed by atoms with E-state index in [9.17, 15) is 4.79 Å². The van der Waals surface area contributed by atoms with Crippen LogP contribution in [-0.4, -0.2) is 21.0 Å². The predicted molar refractivity (Wildman–Crippen MR) is 101 cm³/mol. The fourth-order valence-corrected chi connectivity index (χ4v) is 3.14. The maximum atomic E-state index is 12.4. The lowest BCUT2D eigenvalue weighted by Crippen LogP contribution is -2.39. The number of alkyl halides is 1. The van der Waals surface area contributed by atoms with Crippen molar-refractivity contribution in [3.05, 3.63) is 65.8 Å². The zero-order valence-electron chi connectivity index (χ0n) is 14.9. The minimum Gasteiger partial charge on any atom is -0.335 e. The van der Waals surface area contributed by atoms with E-state index in [0.717, 1.165) is 11.3 Å². The molecule has 1 fully saturated rings. The molecular formula is C20H19ClN4O2. The smallest absolute Gasteiger partial charge is 0.268 e. The molecule has 1 amide bonds. The first-order valence-electron chi connectivity index (χ1n) is 8.90. The number of halogens is 1. The number of hydrogen-bond acceptors (Lipinski definition) is 5. The molecule has 1 saturated carbocycles. The molecule has 138 valence electrons. The number of benzene rings is 1. The van der Waals surface area contributed by atoms with Crippen LogP contribution in [0.15, 0.2) is 53.2 Å². The molecule has 1 aromatic carbocycles. The van der Waals surface area contributed by atoms with Gasteiger partial charge in [-0.15, -0.1) is 0 Å². The Morgan fingerprint density at radius 3 is 2.74 bits per heavy atom. The van der Waals surface area contributed by atoms with E-state index >= 15 is 0 Å². The molecule has 0 unspecified atom stereocenters. The fourth-order valence-electron chi connectivity index (χ4n) is 2.97. The first-order chi connectivity index (χ1) is 13.0. The highest BCUT2D eigenvalue weighted by Crippen LogP contribution is 2.36. The molecular weight excluding hydrogens is 364 g/mol. The van der Waals surface area contributed by atoms with E-state index in [0.29, 0.717) is 17.3 Å². The third-order valence-corrected chi connectivity index (χ3v) is 5.03. The molecule has 0 radical (unpaired) electrons. The predicted octanol–water partition coefficient (Wildman–Crippen LogP) is 4.24. The van der Waals surface area contributed by atoms with Crippen LogP contribution in [0.3, 0.4) is 0 Å². The summed E-state index contributed by atoms with van der Waals surface area (Å²) in [5, 5.41) is 6.75. The number of amides is 1. The molecule has 3 aromatic rings. The lowest BCUT2D eigenvalue weighted by molar-refractivity contribution is 0.0920. The molecule has 6 nitrogen and oxygen atoms in total. The first kappa shape index (κ1) is 17.7. The summed E-state index contributed by atoms with van der Waals surface area (Å²) in [5.41, 5.74) is 2.38. The Bertz CT molecular complexity index is 951. The summed E-state index contributed by atoms with van der Waals surface area (Å²) < 4.78 is 5.33. The molecule has 0 bridgehead atoms. The molecule has 0 saturated heterocycles. The highest BCUT2D eigenvalue weighted by atomic mass is 35.5. The van der Waals surface area contributed by atoms with E-state index in [-0.39, 0.29) is 11.8 Å². The number of nitrogens with zero attached hydrogens (tertiary/aromatic N) is 3. The maximum absolute atomic E-state index is 12.4. The number of rotatable bonds is 5. The molecule has 4 rings (SSSR count). The van der Waals surface area contributed by atoms with Crippen molar-refractivity contribution in [3.63, 3.8) is 0 Å². The average molecular weight is 383 g/mol. The molecule has 27 heavy (non-hydrogen) atoms. The number of pyridine rings is 1. The van der Waals surface area contributed by atoms with Gasteiger partial charge in [-0.25, -0.2) is 0 Å².